The third-order valence-electron chi connectivity index (χ3n) is 2.62. The van der Waals surface area contributed by atoms with E-state index in [1.807, 2.05) is 0 Å². The van der Waals surface area contributed by atoms with E-state index < -0.39 is 0 Å². The number of H-pyrrole nitrogens is 2. The first kappa shape index (κ1) is 23.1. The second kappa shape index (κ2) is 13.1. The van der Waals surface area contributed by atoms with Gasteiger partial charge in [0.05, 0.1) is 12.4 Å². The fourth-order valence-corrected chi connectivity index (χ4v) is 1.87. The van der Waals surface area contributed by atoms with Crippen molar-refractivity contribution in [2.75, 3.05) is 0 Å². The molecule has 0 aromatic carbocycles. The summed E-state index contributed by atoms with van der Waals surface area (Å²) in [4.78, 5) is 15.5. The van der Waals surface area contributed by atoms with Gasteiger partial charge in [-0.25, -0.2) is 20.2 Å². The first-order valence-electron chi connectivity index (χ1n) is 7.24. The van der Waals surface area contributed by atoms with Crippen LogP contribution in [-0.2, 0) is 12.9 Å². The van der Waals surface area contributed by atoms with E-state index in [9.17, 15) is 0 Å². The van der Waals surface area contributed by atoms with Gasteiger partial charge in [-0.05, 0) is 47.5 Å². The molecule has 4 aromatic heterocycles. The van der Waals surface area contributed by atoms with Gasteiger partial charge in [0.15, 0.2) is 10.4 Å². The molecule has 0 saturated carbocycles. The molecule has 4 aromatic rings. The molecule has 0 radical (unpaired) electrons. The van der Waals surface area contributed by atoms with Crippen LogP contribution in [0.1, 0.15) is 11.5 Å². The molecular formula is C14H10Cl4CoN8O2. The molecule has 4 heterocycles. The number of aromatic amines is 2. The fourth-order valence-electron chi connectivity index (χ4n) is 1.57. The monoisotopic (exact) mass is 521 g/mol. The van der Waals surface area contributed by atoms with Crippen LogP contribution in [0.2, 0.25) is 10.4 Å². The second-order valence-electron chi connectivity index (χ2n) is 4.47. The van der Waals surface area contributed by atoms with E-state index in [0.29, 0.717) is 46.7 Å². The summed E-state index contributed by atoms with van der Waals surface area (Å²) in [6, 6.07) is 6.71. The van der Waals surface area contributed by atoms with Gasteiger partial charge in [0.2, 0.25) is 11.9 Å². The summed E-state index contributed by atoms with van der Waals surface area (Å²) >= 11 is 11.5. The summed E-state index contributed by atoms with van der Waals surface area (Å²) in [6.45, 7) is 0. The van der Waals surface area contributed by atoms with Crippen molar-refractivity contribution in [2.45, 2.75) is 0 Å². The van der Waals surface area contributed by atoms with Crippen molar-refractivity contribution in [3.8, 4) is 0 Å². The zero-order valence-corrected chi connectivity index (χ0v) is 18.0. The standard InChI is InChI=1S/2C7H5ClN4O.2ClH.Co/c2*8-6-2-1-5(13-6)3-9-7-10-4-11-12-7;;;/h2*1-4H,(H,10,11,12);2*1H;/q;;;;+2/p-2/b2*9-3+;;;. The summed E-state index contributed by atoms with van der Waals surface area (Å²) in [7, 11) is 9.47. The summed E-state index contributed by atoms with van der Waals surface area (Å²) in [6.07, 6.45) is 5.77. The van der Waals surface area contributed by atoms with E-state index in [2.05, 4.69) is 40.3 Å². The van der Waals surface area contributed by atoms with Crippen LogP contribution < -0.4 is 0 Å². The Kier molecular flexibility index (Phi) is 10.5. The van der Waals surface area contributed by atoms with E-state index in [1.165, 1.54) is 25.1 Å². The molecule has 29 heavy (non-hydrogen) atoms. The normalized spacial score (nSPS) is 10.8. The third-order valence-corrected chi connectivity index (χ3v) is 3.03. The predicted octanol–water partition coefficient (Wildman–Crippen LogP) is 4.98. The molecule has 0 saturated heterocycles. The molecule has 0 fully saturated rings. The van der Waals surface area contributed by atoms with Crippen molar-refractivity contribution in [3.05, 3.63) is 58.9 Å². The molecule has 0 aliphatic heterocycles. The molecule has 0 spiro atoms. The van der Waals surface area contributed by atoms with E-state index in [1.54, 1.807) is 24.3 Å². The van der Waals surface area contributed by atoms with Gasteiger partial charge in [-0.2, -0.15) is 20.2 Å². The van der Waals surface area contributed by atoms with E-state index >= 15 is 0 Å². The molecule has 0 atom stereocenters. The topological polar surface area (TPSA) is 134 Å². The van der Waals surface area contributed by atoms with Crippen molar-refractivity contribution in [2.24, 2.45) is 9.98 Å². The van der Waals surface area contributed by atoms with Crippen LogP contribution >= 0.6 is 43.5 Å². The summed E-state index contributed by atoms with van der Waals surface area (Å²) in [5.74, 6) is 1.99. The second-order valence-corrected chi connectivity index (χ2v) is 6.93. The number of hydrogen-bond donors (Lipinski definition) is 2. The fraction of sp³-hybridized carbons (Fsp3) is 0. The average molecular weight is 523 g/mol. The quantitative estimate of drug-likeness (QED) is 0.363. The Morgan fingerprint density at radius 2 is 1.21 bits per heavy atom. The maximum atomic E-state index is 5.56. The minimum atomic E-state index is 0.332. The van der Waals surface area contributed by atoms with E-state index in [-0.39, 0.29) is 0 Å². The molecule has 0 bridgehead atoms. The van der Waals surface area contributed by atoms with Crippen molar-refractivity contribution in [3.63, 3.8) is 0 Å². The Morgan fingerprint density at radius 1 is 0.793 bits per heavy atom. The number of rotatable bonds is 4. The zero-order chi connectivity index (χ0) is 20.9. The van der Waals surface area contributed by atoms with Gasteiger partial charge >= 0.3 is 33.2 Å². The van der Waals surface area contributed by atoms with Crippen LogP contribution in [-0.4, -0.2) is 42.8 Å². The summed E-state index contributed by atoms with van der Waals surface area (Å²) in [5, 5.41) is 13.1. The van der Waals surface area contributed by atoms with Crippen molar-refractivity contribution >= 4 is 67.8 Å². The van der Waals surface area contributed by atoms with Gasteiger partial charge in [-0.15, -0.1) is 0 Å². The zero-order valence-electron chi connectivity index (χ0n) is 14.0. The van der Waals surface area contributed by atoms with Gasteiger partial charge in [0.25, 0.3) is 0 Å². The van der Waals surface area contributed by atoms with Crippen LogP contribution in [0.4, 0.5) is 11.9 Å². The molecule has 2 N–H and O–H groups in total. The number of nitrogens with one attached hydrogen (secondary N) is 2. The molecule has 4 rings (SSSR count). The molecule has 15 heteroatoms. The van der Waals surface area contributed by atoms with Crippen molar-refractivity contribution < 1.29 is 21.7 Å². The third kappa shape index (κ3) is 9.26. The predicted molar refractivity (Wildman–Crippen MR) is 106 cm³/mol. The Balaban J connectivity index is 0.000000183. The summed E-state index contributed by atoms with van der Waals surface area (Å²) in [5.41, 5.74) is 0. The Hall–Kier alpha value is -2.15. The molecule has 10 nitrogen and oxygen atoms in total. The minimum absolute atomic E-state index is 0.332. The molecule has 0 unspecified atom stereocenters. The summed E-state index contributed by atoms with van der Waals surface area (Å²) < 4.78 is 10.1. The van der Waals surface area contributed by atoms with Crippen LogP contribution in [0.15, 0.2) is 55.7 Å². The van der Waals surface area contributed by atoms with Crippen LogP contribution in [0.5, 0.6) is 0 Å². The first-order valence-corrected chi connectivity index (χ1v) is 10.9. The van der Waals surface area contributed by atoms with Crippen LogP contribution in [0.25, 0.3) is 0 Å². The van der Waals surface area contributed by atoms with Crippen LogP contribution in [0.3, 0.4) is 0 Å². The molecule has 155 valence electrons. The van der Waals surface area contributed by atoms with Gasteiger partial charge in [-0.1, -0.05) is 0 Å². The molecule has 0 aliphatic carbocycles. The van der Waals surface area contributed by atoms with Gasteiger partial charge in [0.1, 0.15) is 24.2 Å². The maximum absolute atomic E-state index is 5.56. The van der Waals surface area contributed by atoms with Crippen LogP contribution in [0, 0.1) is 0 Å². The van der Waals surface area contributed by atoms with Gasteiger partial charge in [0, 0.05) is 0 Å². The first-order chi connectivity index (χ1) is 14.1. The number of halogens is 4. The number of nitrogens with zero attached hydrogens (tertiary/aromatic N) is 6. The number of aliphatic imine (C=N–C) groups is 2. The molecule has 0 aliphatic rings. The Bertz CT molecular complexity index is 920. The number of hydrogen-bond acceptors (Lipinski definition) is 8. The van der Waals surface area contributed by atoms with E-state index in [4.69, 9.17) is 52.3 Å². The van der Waals surface area contributed by atoms with Gasteiger partial charge in [-0.3, -0.25) is 0 Å². The van der Waals surface area contributed by atoms with Crippen molar-refractivity contribution in [1.82, 2.24) is 30.4 Å². The Morgan fingerprint density at radius 3 is 1.48 bits per heavy atom. The number of furan rings is 2. The average Bonchev–Trinajstić information content (AvgIpc) is 3.49. The van der Waals surface area contributed by atoms with E-state index in [0.717, 1.165) is 0 Å². The van der Waals surface area contributed by atoms with Crippen molar-refractivity contribution in [1.29, 1.82) is 0 Å². The molecular weight excluding hydrogens is 513 g/mol. The SMILES string of the molecule is Clc1ccc(/C=N/c2ncn[nH]2)o1.Clc1ccc(/C=N/c2ncn[nH]2)o1.[Cl][Co][Cl]. The molecule has 0 amide bonds. The Labute approximate surface area is 188 Å². The number of aromatic nitrogens is 6. The van der Waals surface area contributed by atoms with Gasteiger partial charge < -0.3 is 8.83 Å².